The molecule has 0 unspecified atom stereocenters. The van der Waals surface area contributed by atoms with Gasteiger partial charge in [-0.2, -0.15) is 0 Å². The number of nitrogens with zero attached hydrogens (tertiary/aromatic N) is 1. The Balaban J connectivity index is 3.92. The minimum atomic E-state index is 0.888. The van der Waals surface area contributed by atoms with Crippen LogP contribution in [-0.2, 0) is 0 Å². The van der Waals surface area contributed by atoms with Gasteiger partial charge in [0.05, 0.1) is 0 Å². The zero-order valence-electron chi connectivity index (χ0n) is 30.6. The number of hydrogen-bond donors (Lipinski definition) is 0. The van der Waals surface area contributed by atoms with E-state index >= 15 is 0 Å². The fraction of sp³-hybridized carbons (Fsp3) is 1.00. The highest BCUT2D eigenvalue weighted by Crippen LogP contribution is 2.16. The SMILES string of the molecule is CCCCCCCCCCCCCN(CCCCCCCCCCCC(C)C)CCCCCCCCCCCC(C)C. The summed E-state index contributed by atoms with van der Waals surface area (Å²) in [4.78, 5) is 2.86. The molecule has 0 atom stereocenters. The third-order valence-electron chi connectivity index (χ3n) is 9.59. The monoisotopic (exact) mass is 592 g/mol. The van der Waals surface area contributed by atoms with E-state index in [4.69, 9.17) is 0 Å². The van der Waals surface area contributed by atoms with Gasteiger partial charge in [0.2, 0.25) is 0 Å². The van der Waals surface area contributed by atoms with Crippen molar-refractivity contribution in [2.75, 3.05) is 19.6 Å². The maximum Gasteiger partial charge on any atom is -0.00187 e. The van der Waals surface area contributed by atoms with Crippen LogP contribution in [0.5, 0.6) is 0 Å². The van der Waals surface area contributed by atoms with Gasteiger partial charge in [-0.25, -0.2) is 0 Å². The van der Waals surface area contributed by atoms with Gasteiger partial charge in [0.15, 0.2) is 0 Å². The lowest BCUT2D eigenvalue weighted by Crippen LogP contribution is -2.27. The first-order chi connectivity index (χ1) is 20.6. The van der Waals surface area contributed by atoms with Crippen molar-refractivity contribution < 1.29 is 0 Å². The molecule has 0 N–H and O–H groups in total. The minimum absolute atomic E-state index is 0.888. The van der Waals surface area contributed by atoms with E-state index in [0.29, 0.717) is 0 Å². The van der Waals surface area contributed by atoms with Crippen LogP contribution in [0.2, 0.25) is 0 Å². The zero-order chi connectivity index (χ0) is 30.8. The van der Waals surface area contributed by atoms with E-state index in [9.17, 15) is 0 Å². The van der Waals surface area contributed by atoms with Gasteiger partial charge in [0.1, 0.15) is 0 Å². The average Bonchev–Trinajstić information content (AvgIpc) is 2.96. The largest absolute Gasteiger partial charge is 0.303 e. The van der Waals surface area contributed by atoms with Gasteiger partial charge in [-0.1, -0.05) is 214 Å². The second-order valence-electron chi connectivity index (χ2n) is 15.1. The molecule has 0 aliphatic carbocycles. The van der Waals surface area contributed by atoms with E-state index in [1.807, 2.05) is 0 Å². The van der Waals surface area contributed by atoms with Crippen molar-refractivity contribution >= 4 is 0 Å². The molecule has 0 aliphatic heterocycles. The number of hydrogen-bond acceptors (Lipinski definition) is 1. The van der Waals surface area contributed by atoms with Crippen molar-refractivity contribution in [1.29, 1.82) is 0 Å². The molecule has 0 aromatic rings. The summed E-state index contributed by atoms with van der Waals surface area (Å²) in [5.74, 6) is 1.78. The summed E-state index contributed by atoms with van der Waals surface area (Å²) >= 11 is 0. The maximum atomic E-state index is 2.86. The summed E-state index contributed by atoms with van der Waals surface area (Å²) in [7, 11) is 0. The predicted octanol–water partition coefficient (Wildman–Crippen LogP) is 14.7. The summed E-state index contributed by atoms with van der Waals surface area (Å²) in [6, 6.07) is 0. The molecule has 0 bridgehead atoms. The summed E-state index contributed by atoms with van der Waals surface area (Å²) < 4.78 is 0. The molecule has 0 amide bonds. The normalized spacial score (nSPS) is 12.0. The van der Waals surface area contributed by atoms with Crippen LogP contribution in [0, 0.1) is 11.8 Å². The molecule has 1 heteroatoms. The predicted molar refractivity (Wildman–Crippen MR) is 195 cm³/mol. The molecule has 0 fully saturated rings. The average molecular weight is 592 g/mol. The minimum Gasteiger partial charge on any atom is -0.303 e. The van der Waals surface area contributed by atoms with Crippen LogP contribution in [0.15, 0.2) is 0 Å². The molecule has 0 radical (unpaired) electrons. The quantitative estimate of drug-likeness (QED) is 0.0655. The Morgan fingerprint density at radius 1 is 0.286 bits per heavy atom. The highest BCUT2D eigenvalue weighted by molar-refractivity contribution is 4.61. The zero-order valence-corrected chi connectivity index (χ0v) is 30.6. The van der Waals surface area contributed by atoms with Gasteiger partial charge >= 0.3 is 0 Å². The van der Waals surface area contributed by atoms with Crippen molar-refractivity contribution in [2.24, 2.45) is 11.8 Å². The Hall–Kier alpha value is -0.0400. The standard InChI is InChI=1S/C41H85N/c1-6-7-8-9-10-11-12-17-22-27-32-37-42(38-33-28-23-18-13-15-20-25-30-35-40(2)3)39-34-29-24-19-14-16-21-26-31-36-41(4)5/h40-41H,6-39H2,1-5H3. The summed E-state index contributed by atoms with van der Waals surface area (Å²) in [6.45, 7) is 15.8. The van der Waals surface area contributed by atoms with Crippen LogP contribution in [0.25, 0.3) is 0 Å². The highest BCUT2D eigenvalue weighted by atomic mass is 15.1. The van der Waals surface area contributed by atoms with Crippen LogP contribution < -0.4 is 0 Å². The van der Waals surface area contributed by atoms with Crippen LogP contribution in [0.4, 0.5) is 0 Å². The first-order valence-corrected chi connectivity index (χ1v) is 20.3. The van der Waals surface area contributed by atoms with Crippen molar-refractivity contribution in [2.45, 2.75) is 234 Å². The molecular weight excluding hydrogens is 506 g/mol. The topological polar surface area (TPSA) is 3.24 Å². The van der Waals surface area contributed by atoms with Gasteiger partial charge < -0.3 is 4.90 Å². The second-order valence-corrected chi connectivity index (χ2v) is 15.1. The number of rotatable bonds is 36. The maximum absolute atomic E-state index is 2.86. The smallest absolute Gasteiger partial charge is 0.00187 e. The van der Waals surface area contributed by atoms with E-state index in [1.54, 1.807) is 0 Å². The third kappa shape index (κ3) is 36.2. The molecule has 0 heterocycles. The molecule has 0 aliphatic rings. The Morgan fingerprint density at radius 3 is 0.738 bits per heavy atom. The van der Waals surface area contributed by atoms with Gasteiger partial charge in [0.25, 0.3) is 0 Å². The van der Waals surface area contributed by atoms with Crippen molar-refractivity contribution in [3.63, 3.8) is 0 Å². The lowest BCUT2D eigenvalue weighted by Gasteiger charge is -2.22. The fourth-order valence-corrected chi connectivity index (χ4v) is 6.59. The lowest BCUT2D eigenvalue weighted by molar-refractivity contribution is 0.254. The molecule has 1 nitrogen and oxygen atoms in total. The van der Waals surface area contributed by atoms with Gasteiger partial charge in [-0.3, -0.25) is 0 Å². The molecule has 0 rings (SSSR count). The Kier molecular flexibility index (Phi) is 35.4. The van der Waals surface area contributed by atoms with Crippen molar-refractivity contribution in [3.8, 4) is 0 Å². The van der Waals surface area contributed by atoms with E-state index < -0.39 is 0 Å². The van der Waals surface area contributed by atoms with Crippen molar-refractivity contribution in [3.05, 3.63) is 0 Å². The van der Waals surface area contributed by atoms with Crippen LogP contribution >= 0.6 is 0 Å². The van der Waals surface area contributed by atoms with E-state index in [2.05, 4.69) is 39.5 Å². The highest BCUT2D eigenvalue weighted by Gasteiger charge is 2.05. The summed E-state index contributed by atoms with van der Waals surface area (Å²) in [6.07, 6.45) is 45.2. The Labute approximate surface area is 269 Å². The first-order valence-electron chi connectivity index (χ1n) is 20.3. The van der Waals surface area contributed by atoms with E-state index in [-0.39, 0.29) is 0 Å². The number of unbranched alkanes of at least 4 members (excludes halogenated alkanes) is 26. The molecule has 254 valence electrons. The molecule has 42 heavy (non-hydrogen) atoms. The van der Waals surface area contributed by atoms with Gasteiger partial charge in [-0.05, 0) is 50.7 Å². The summed E-state index contributed by atoms with van der Waals surface area (Å²) in [5.41, 5.74) is 0. The molecule has 0 saturated carbocycles. The van der Waals surface area contributed by atoms with E-state index in [0.717, 1.165) is 11.8 Å². The Bertz CT molecular complexity index is 439. The lowest BCUT2D eigenvalue weighted by atomic mass is 10.0. The molecule has 0 spiro atoms. The second kappa shape index (κ2) is 35.4. The fourth-order valence-electron chi connectivity index (χ4n) is 6.59. The van der Waals surface area contributed by atoms with Crippen molar-refractivity contribution in [1.82, 2.24) is 4.90 Å². The molecule has 0 aromatic carbocycles. The molecular formula is C41H85N. The van der Waals surface area contributed by atoms with Gasteiger partial charge in [0, 0.05) is 0 Å². The van der Waals surface area contributed by atoms with Crippen LogP contribution in [0.3, 0.4) is 0 Å². The third-order valence-corrected chi connectivity index (χ3v) is 9.59. The summed E-state index contributed by atoms with van der Waals surface area (Å²) in [5, 5.41) is 0. The molecule has 0 saturated heterocycles. The van der Waals surface area contributed by atoms with Crippen LogP contribution in [-0.4, -0.2) is 24.5 Å². The van der Waals surface area contributed by atoms with Gasteiger partial charge in [-0.15, -0.1) is 0 Å². The van der Waals surface area contributed by atoms with Crippen LogP contribution in [0.1, 0.15) is 234 Å². The van der Waals surface area contributed by atoms with E-state index in [1.165, 1.54) is 219 Å². The first kappa shape index (κ1) is 42.0. The molecule has 0 aromatic heterocycles. The Morgan fingerprint density at radius 2 is 0.500 bits per heavy atom.